The summed E-state index contributed by atoms with van der Waals surface area (Å²) < 4.78 is 5.57. The summed E-state index contributed by atoms with van der Waals surface area (Å²) in [5.41, 5.74) is 6.70. The van der Waals surface area contributed by atoms with Crippen LogP contribution in [0.4, 0.5) is 5.69 Å². The van der Waals surface area contributed by atoms with E-state index in [-0.39, 0.29) is 17.6 Å². The Morgan fingerprint density at radius 3 is 2.45 bits per heavy atom. The molecule has 1 amide bonds. The van der Waals surface area contributed by atoms with E-state index in [9.17, 15) is 4.79 Å². The van der Waals surface area contributed by atoms with Gasteiger partial charge in [0.2, 0.25) is 5.91 Å². The van der Waals surface area contributed by atoms with E-state index in [1.807, 2.05) is 38.1 Å². The van der Waals surface area contributed by atoms with Gasteiger partial charge in [-0.3, -0.25) is 4.79 Å². The molecule has 1 aromatic rings. The first-order valence-corrected chi connectivity index (χ1v) is 7.32. The fourth-order valence-electron chi connectivity index (χ4n) is 2.67. The molecule has 110 valence electrons. The molecule has 2 rings (SSSR count). The number of ether oxygens (including phenoxy) is 1. The molecule has 4 nitrogen and oxygen atoms in total. The van der Waals surface area contributed by atoms with Gasteiger partial charge >= 0.3 is 0 Å². The SMILES string of the molecule is CC(C)Oc1ccc(NC(=O)CC2(N)CCCC2)cc1. The summed E-state index contributed by atoms with van der Waals surface area (Å²) in [7, 11) is 0. The third-order valence-corrected chi connectivity index (χ3v) is 3.62. The van der Waals surface area contributed by atoms with E-state index in [2.05, 4.69) is 5.32 Å². The number of anilines is 1. The third-order valence-electron chi connectivity index (χ3n) is 3.62. The molecule has 0 saturated heterocycles. The summed E-state index contributed by atoms with van der Waals surface area (Å²) in [4.78, 5) is 12.0. The van der Waals surface area contributed by atoms with E-state index in [0.717, 1.165) is 37.1 Å². The summed E-state index contributed by atoms with van der Waals surface area (Å²) in [6.07, 6.45) is 4.70. The normalized spacial score (nSPS) is 17.2. The number of carbonyl (C=O) groups is 1. The lowest BCUT2D eigenvalue weighted by atomic mass is 9.94. The molecule has 0 atom stereocenters. The van der Waals surface area contributed by atoms with E-state index >= 15 is 0 Å². The first-order chi connectivity index (χ1) is 9.47. The molecule has 0 radical (unpaired) electrons. The first kappa shape index (κ1) is 14.9. The van der Waals surface area contributed by atoms with Crippen LogP contribution >= 0.6 is 0 Å². The van der Waals surface area contributed by atoms with Crippen LogP contribution < -0.4 is 15.8 Å². The molecule has 4 heteroatoms. The van der Waals surface area contributed by atoms with E-state index in [0.29, 0.717) is 6.42 Å². The highest BCUT2D eigenvalue weighted by atomic mass is 16.5. The molecular formula is C16H24N2O2. The van der Waals surface area contributed by atoms with Crippen LogP contribution in [0.2, 0.25) is 0 Å². The standard InChI is InChI=1S/C16H24N2O2/c1-12(2)20-14-7-5-13(6-8-14)18-15(19)11-16(17)9-3-4-10-16/h5-8,12H,3-4,9-11,17H2,1-2H3,(H,18,19). The Morgan fingerprint density at radius 2 is 1.90 bits per heavy atom. The molecule has 1 aromatic carbocycles. The van der Waals surface area contributed by atoms with Crippen LogP contribution in [-0.2, 0) is 4.79 Å². The van der Waals surface area contributed by atoms with Crippen molar-refractivity contribution in [3.8, 4) is 5.75 Å². The van der Waals surface area contributed by atoms with Gasteiger partial charge in [0, 0.05) is 17.6 Å². The van der Waals surface area contributed by atoms with Gasteiger partial charge < -0.3 is 15.8 Å². The van der Waals surface area contributed by atoms with Crippen molar-refractivity contribution < 1.29 is 9.53 Å². The smallest absolute Gasteiger partial charge is 0.226 e. The van der Waals surface area contributed by atoms with Gasteiger partial charge in [-0.2, -0.15) is 0 Å². The van der Waals surface area contributed by atoms with Gasteiger partial charge in [0.15, 0.2) is 0 Å². The van der Waals surface area contributed by atoms with Crippen molar-refractivity contribution in [3.05, 3.63) is 24.3 Å². The first-order valence-electron chi connectivity index (χ1n) is 7.32. The van der Waals surface area contributed by atoms with Gasteiger partial charge in [-0.1, -0.05) is 12.8 Å². The molecule has 0 aromatic heterocycles. The molecule has 0 spiro atoms. The molecule has 0 heterocycles. The minimum atomic E-state index is -0.301. The van der Waals surface area contributed by atoms with Crippen LogP contribution in [0, 0.1) is 0 Å². The molecule has 0 aliphatic heterocycles. The lowest BCUT2D eigenvalue weighted by molar-refractivity contribution is -0.117. The fraction of sp³-hybridized carbons (Fsp3) is 0.562. The van der Waals surface area contributed by atoms with Crippen molar-refractivity contribution in [2.24, 2.45) is 5.73 Å². The largest absolute Gasteiger partial charge is 0.491 e. The topological polar surface area (TPSA) is 64.3 Å². The highest BCUT2D eigenvalue weighted by Gasteiger charge is 2.31. The maximum atomic E-state index is 12.0. The summed E-state index contributed by atoms with van der Waals surface area (Å²) >= 11 is 0. The fourth-order valence-corrected chi connectivity index (χ4v) is 2.67. The molecular weight excluding hydrogens is 252 g/mol. The zero-order valence-electron chi connectivity index (χ0n) is 12.3. The Kier molecular flexibility index (Phi) is 4.65. The molecule has 20 heavy (non-hydrogen) atoms. The van der Waals surface area contributed by atoms with E-state index in [4.69, 9.17) is 10.5 Å². The number of carbonyl (C=O) groups excluding carboxylic acids is 1. The number of amides is 1. The number of nitrogens with two attached hydrogens (primary N) is 1. The second-order valence-corrected chi connectivity index (χ2v) is 5.99. The van der Waals surface area contributed by atoms with Crippen LogP contribution in [0.15, 0.2) is 24.3 Å². The van der Waals surface area contributed by atoms with Crippen molar-refractivity contribution in [2.45, 2.75) is 57.6 Å². The van der Waals surface area contributed by atoms with Crippen LogP contribution in [0.5, 0.6) is 5.75 Å². The molecule has 1 fully saturated rings. The number of nitrogens with one attached hydrogen (secondary N) is 1. The minimum absolute atomic E-state index is 0.00747. The van der Waals surface area contributed by atoms with Crippen LogP contribution in [0.1, 0.15) is 46.0 Å². The van der Waals surface area contributed by atoms with Crippen LogP contribution in [-0.4, -0.2) is 17.6 Å². The predicted octanol–water partition coefficient (Wildman–Crippen LogP) is 3.07. The average Bonchev–Trinajstić information content (AvgIpc) is 2.77. The summed E-state index contributed by atoms with van der Waals surface area (Å²) in [5, 5.41) is 2.90. The van der Waals surface area contributed by atoms with Gasteiger partial charge in [0.05, 0.1) is 6.10 Å². The van der Waals surface area contributed by atoms with Gasteiger partial charge in [-0.05, 0) is 51.0 Å². The van der Waals surface area contributed by atoms with E-state index in [1.165, 1.54) is 0 Å². The zero-order chi connectivity index (χ0) is 14.6. The van der Waals surface area contributed by atoms with Crippen molar-refractivity contribution in [1.29, 1.82) is 0 Å². The maximum absolute atomic E-state index is 12.0. The van der Waals surface area contributed by atoms with Gasteiger partial charge in [-0.25, -0.2) is 0 Å². The Morgan fingerprint density at radius 1 is 1.30 bits per heavy atom. The highest BCUT2D eigenvalue weighted by Crippen LogP contribution is 2.30. The van der Waals surface area contributed by atoms with E-state index in [1.54, 1.807) is 0 Å². The second-order valence-electron chi connectivity index (χ2n) is 5.99. The lowest BCUT2D eigenvalue weighted by Crippen LogP contribution is -2.40. The highest BCUT2D eigenvalue weighted by molar-refractivity contribution is 5.91. The van der Waals surface area contributed by atoms with Crippen molar-refractivity contribution in [3.63, 3.8) is 0 Å². The van der Waals surface area contributed by atoms with Gasteiger partial charge in [-0.15, -0.1) is 0 Å². The zero-order valence-corrected chi connectivity index (χ0v) is 12.3. The molecule has 1 aliphatic carbocycles. The number of hydrogen-bond donors (Lipinski definition) is 2. The average molecular weight is 276 g/mol. The van der Waals surface area contributed by atoms with E-state index < -0.39 is 0 Å². The molecule has 0 bridgehead atoms. The summed E-state index contributed by atoms with van der Waals surface area (Å²) in [6, 6.07) is 7.44. The second kappa shape index (κ2) is 6.27. The van der Waals surface area contributed by atoms with Crippen molar-refractivity contribution >= 4 is 11.6 Å². The summed E-state index contributed by atoms with van der Waals surface area (Å²) in [6.45, 7) is 3.97. The predicted molar refractivity (Wildman–Crippen MR) is 80.8 cm³/mol. The minimum Gasteiger partial charge on any atom is -0.491 e. The molecule has 0 unspecified atom stereocenters. The Balaban J connectivity index is 1.87. The molecule has 1 aliphatic rings. The van der Waals surface area contributed by atoms with Crippen LogP contribution in [0.3, 0.4) is 0 Å². The Labute approximate surface area is 120 Å². The number of benzene rings is 1. The monoisotopic (exact) mass is 276 g/mol. The Bertz CT molecular complexity index is 448. The Hall–Kier alpha value is -1.55. The molecule has 1 saturated carbocycles. The number of hydrogen-bond acceptors (Lipinski definition) is 3. The van der Waals surface area contributed by atoms with Crippen LogP contribution in [0.25, 0.3) is 0 Å². The van der Waals surface area contributed by atoms with Crippen molar-refractivity contribution in [2.75, 3.05) is 5.32 Å². The third kappa shape index (κ3) is 4.23. The number of rotatable bonds is 5. The maximum Gasteiger partial charge on any atom is 0.226 e. The van der Waals surface area contributed by atoms with Gasteiger partial charge in [0.1, 0.15) is 5.75 Å². The lowest BCUT2D eigenvalue weighted by Gasteiger charge is -2.22. The quantitative estimate of drug-likeness (QED) is 0.868. The van der Waals surface area contributed by atoms with Crippen molar-refractivity contribution in [1.82, 2.24) is 0 Å². The van der Waals surface area contributed by atoms with Gasteiger partial charge in [0.25, 0.3) is 0 Å². The molecule has 3 N–H and O–H groups in total. The summed E-state index contributed by atoms with van der Waals surface area (Å²) in [5.74, 6) is 0.802.